The number of nitrogens with zero attached hydrogens (tertiary/aromatic N) is 2. The smallest absolute Gasteiger partial charge is 0.183 e. The first-order valence-corrected chi connectivity index (χ1v) is 6.57. The maximum absolute atomic E-state index is 5.54. The average molecular weight is 242 g/mol. The van der Waals surface area contributed by atoms with Crippen LogP contribution in [0.15, 0.2) is 11.5 Å². The van der Waals surface area contributed by atoms with Crippen LogP contribution in [0.1, 0.15) is 19.8 Å². The molecule has 5 nitrogen and oxygen atoms in total. The van der Waals surface area contributed by atoms with Crippen LogP contribution in [-0.4, -0.2) is 46.2 Å². The Morgan fingerprint density at radius 1 is 1.75 bits per heavy atom. The van der Waals surface area contributed by atoms with E-state index in [2.05, 4.69) is 27.4 Å². The second-order valence-electron chi connectivity index (χ2n) is 4.01. The molecular formula is C10H18N4OS. The number of H-pyrrole nitrogens is 1. The van der Waals surface area contributed by atoms with Crippen LogP contribution < -0.4 is 5.32 Å². The molecular weight excluding hydrogens is 224 g/mol. The minimum absolute atomic E-state index is 0.419. The van der Waals surface area contributed by atoms with E-state index in [0.717, 1.165) is 24.9 Å². The highest BCUT2D eigenvalue weighted by Crippen LogP contribution is 2.17. The number of hydrogen-bond acceptors (Lipinski definition) is 5. The molecule has 2 rings (SSSR count). The van der Waals surface area contributed by atoms with Crippen molar-refractivity contribution < 1.29 is 4.74 Å². The molecule has 2 atom stereocenters. The van der Waals surface area contributed by atoms with Crippen molar-refractivity contribution in [2.75, 3.05) is 19.7 Å². The second kappa shape index (κ2) is 6.22. The Bertz CT molecular complexity index is 287. The van der Waals surface area contributed by atoms with E-state index in [1.807, 2.05) is 0 Å². The van der Waals surface area contributed by atoms with Crippen molar-refractivity contribution in [1.82, 2.24) is 20.5 Å². The Morgan fingerprint density at radius 3 is 3.38 bits per heavy atom. The SMILES string of the molecule is CC(CNCC1CCCO1)Sc1ncn[nH]1. The fourth-order valence-corrected chi connectivity index (χ4v) is 2.53. The molecule has 0 radical (unpaired) electrons. The number of thioether (sulfide) groups is 1. The van der Waals surface area contributed by atoms with Gasteiger partial charge in [0.25, 0.3) is 0 Å². The van der Waals surface area contributed by atoms with Gasteiger partial charge < -0.3 is 10.1 Å². The van der Waals surface area contributed by atoms with Gasteiger partial charge in [-0.15, -0.1) is 0 Å². The molecule has 1 aliphatic heterocycles. The number of aromatic nitrogens is 3. The molecule has 90 valence electrons. The molecule has 6 heteroatoms. The normalized spacial score (nSPS) is 22.4. The minimum atomic E-state index is 0.419. The zero-order valence-electron chi connectivity index (χ0n) is 9.48. The Hall–Kier alpha value is -0.590. The van der Waals surface area contributed by atoms with Gasteiger partial charge in [-0.1, -0.05) is 18.7 Å². The van der Waals surface area contributed by atoms with Crippen LogP contribution >= 0.6 is 11.8 Å². The quantitative estimate of drug-likeness (QED) is 0.730. The lowest BCUT2D eigenvalue weighted by atomic mass is 10.2. The summed E-state index contributed by atoms with van der Waals surface area (Å²) in [6.07, 6.45) is 4.35. The Balaban J connectivity index is 1.58. The fraction of sp³-hybridized carbons (Fsp3) is 0.800. The first-order chi connectivity index (χ1) is 7.84. The van der Waals surface area contributed by atoms with Crippen molar-refractivity contribution in [2.45, 2.75) is 36.3 Å². The largest absolute Gasteiger partial charge is 0.377 e. The first kappa shape index (κ1) is 11.9. The highest BCUT2D eigenvalue weighted by atomic mass is 32.2. The van der Waals surface area contributed by atoms with Gasteiger partial charge in [0, 0.05) is 24.9 Å². The van der Waals surface area contributed by atoms with Crippen molar-refractivity contribution in [3.05, 3.63) is 6.33 Å². The van der Waals surface area contributed by atoms with Crippen LogP contribution in [0.4, 0.5) is 0 Å². The van der Waals surface area contributed by atoms with Gasteiger partial charge in [-0.2, -0.15) is 5.10 Å². The molecule has 0 aromatic carbocycles. The van der Waals surface area contributed by atoms with Crippen LogP contribution in [0.5, 0.6) is 0 Å². The highest BCUT2D eigenvalue weighted by molar-refractivity contribution is 7.99. The lowest BCUT2D eigenvalue weighted by molar-refractivity contribution is 0.110. The average Bonchev–Trinajstić information content (AvgIpc) is 2.90. The van der Waals surface area contributed by atoms with Crippen LogP contribution in [0.3, 0.4) is 0 Å². The third-order valence-corrected chi connectivity index (χ3v) is 3.52. The van der Waals surface area contributed by atoms with E-state index in [4.69, 9.17) is 4.74 Å². The van der Waals surface area contributed by atoms with Gasteiger partial charge in [-0.3, -0.25) is 5.10 Å². The standard InChI is InChI=1S/C10H18N4OS/c1-8(16-10-12-7-13-14-10)5-11-6-9-3-2-4-15-9/h7-9,11H,2-6H2,1H3,(H,12,13,14). The molecule has 2 heterocycles. The summed E-state index contributed by atoms with van der Waals surface area (Å²) in [5, 5.41) is 11.5. The van der Waals surface area contributed by atoms with Gasteiger partial charge in [0.1, 0.15) is 6.33 Å². The third-order valence-electron chi connectivity index (χ3n) is 2.53. The third kappa shape index (κ3) is 3.77. The summed E-state index contributed by atoms with van der Waals surface area (Å²) in [6.45, 7) is 5.02. The topological polar surface area (TPSA) is 62.8 Å². The summed E-state index contributed by atoms with van der Waals surface area (Å²) in [5.74, 6) is 0. The number of rotatable bonds is 6. The molecule has 0 saturated carbocycles. The summed E-state index contributed by atoms with van der Waals surface area (Å²) < 4.78 is 5.54. The van der Waals surface area contributed by atoms with E-state index in [-0.39, 0.29) is 0 Å². The minimum Gasteiger partial charge on any atom is -0.377 e. The molecule has 2 unspecified atom stereocenters. The van der Waals surface area contributed by atoms with Crippen LogP contribution in [0.2, 0.25) is 0 Å². The highest BCUT2D eigenvalue weighted by Gasteiger charge is 2.15. The number of nitrogens with one attached hydrogen (secondary N) is 2. The monoisotopic (exact) mass is 242 g/mol. The molecule has 1 saturated heterocycles. The Morgan fingerprint density at radius 2 is 2.69 bits per heavy atom. The molecule has 1 aromatic rings. The maximum atomic E-state index is 5.54. The van der Waals surface area contributed by atoms with Crippen molar-refractivity contribution in [3.8, 4) is 0 Å². The van der Waals surface area contributed by atoms with Crippen LogP contribution in [-0.2, 0) is 4.74 Å². The van der Waals surface area contributed by atoms with Crippen LogP contribution in [0, 0.1) is 0 Å². The van der Waals surface area contributed by atoms with Gasteiger partial charge >= 0.3 is 0 Å². The van der Waals surface area contributed by atoms with Gasteiger partial charge in [-0.05, 0) is 12.8 Å². The second-order valence-corrected chi connectivity index (χ2v) is 5.44. The maximum Gasteiger partial charge on any atom is 0.183 e. The van der Waals surface area contributed by atoms with Crippen LogP contribution in [0.25, 0.3) is 0 Å². The van der Waals surface area contributed by atoms with Gasteiger partial charge in [0.15, 0.2) is 5.16 Å². The van der Waals surface area contributed by atoms with E-state index in [9.17, 15) is 0 Å². The molecule has 1 aromatic heterocycles. The van der Waals surface area contributed by atoms with Gasteiger partial charge in [-0.25, -0.2) is 4.98 Å². The summed E-state index contributed by atoms with van der Waals surface area (Å²) in [7, 11) is 0. The number of hydrogen-bond donors (Lipinski definition) is 2. The molecule has 0 bridgehead atoms. The van der Waals surface area contributed by atoms with Crippen molar-refractivity contribution in [1.29, 1.82) is 0 Å². The molecule has 2 N–H and O–H groups in total. The number of ether oxygens (including phenoxy) is 1. The molecule has 0 aliphatic carbocycles. The van der Waals surface area contributed by atoms with E-state index < -0.39 is 0 Å². The lowest BCUT2D eigenvalue weighted by Crippen LogP contribution is -2.30. The van der Waals surface area contributed by atoms with E-state index >= 15 is 0 Å². The fourth-order valence-electron chi connectivity index (χ4n) is 1.74. The zero-order valence-corrected chi connectivity index (χ0v) is 10.3. The summed E-state index contributed by atoms with van der Waals surface area (Å²) in [6, 6.07) is 0. The molecule has 16 heavy (non-hydrogen) atoms. The first-order valence-electron chi connectivity index (χ1n) is 5.69. The van der Waals surface area contributed by atoms with Gasteiger partial charge in [0.05, 0.1) is 6.10 Å². The molecule has 1 fully saturated rings. The predicted octanol–water partition coefficient (Wildman–Crippen LogP) is 1.05. The zero-order chi connectivity index (χ0) is 11.2. The summed E-state index contributed by atoms with van der Waals surface area (Å²) in [5.41, 5.74) is 0. The molecule has 0 amide bonds. The number of aromatic amines is 1. The lowest BCUT2D eigenvalue weighted by Gasteiger charge is -2.13. The van der Waals surface area contributed by atoms with Crippen molar-refractivity contribution >= 4 is 11.8 Å². The predicted molar refractivity (Wildman–Crippen MR) is 63.5 cm³/mol. The van der Waals surface area contributed by atoms with Crippen molar-refractivity contribution in [3.63, 3.8) is 0 Å². The van der Waals surface area contributed by atoms with E-state index in [0.29, 0.717) is 11.4 Å². The Kier molecular flexibility index (Phi) is 4.62. The molecule has 0 spiro atoms. The Labute approximate surface area is 99.7 Å². The van der Waals surface area contributed by atoms with E-state index in [1.54, 1.807) is 11.8 Å². The summed E-state index contributed by atoms with van der Waals surface area (Å²) >= 11 is 1.70. The van der Waals surface area contributed by atoms with Crippen molar-refractivity contribution in [2.24, 2.45) is 0 Å². The molecule has 1 aliphatic rings. The summed E-state index contributed by atoms with van der Waals surface area (Å²) in [4.78, 5) is 4.09. The van der Waals surface area contributed by atoms with Gasteiger partial charge in [0.2, 0.25) is 0 Å². The van der Waals surface area contributed by atoms with E-state index in [1.165, 1.54) is 19.2 Å².